The van der Waals surface area contributed by atoms with Crippen LogP contribution in [-0.2, 0) is 11.3 Å². The summed E-state index contributed by atoms with van der Waals surface area (Å²) >= 11 is 0. The van der Waals surface area contributed by atoms with E-state index in [0.29, 0.717) is 6.54 Å². The van der Waals surface area contributed by atoms with Gasteiger partial charge in [0.25, 0.3) is 0 Å². The minimum absolute atomic E-state index is 0.234. The van der Waals surface area contributed by atoms with Gasteiger partial charge in [-0.3, -0.25) is 4.79 Å². The number of aromatic nitrogens is 1. The first-order valence-corrected chi connectivity index (χ1v) is 6.66. The largest absolute Gasteiger partial charge is 0.354 e. The van der Waals surface area contributed by atoms with Crippen LogP contribution in [0.2, 0.25) is 0 Å². The second-order valence-electron chi connectivity index (χ2n) is 4.99. The first kappa shape index (κ1) is 11.3. The second kappa shape index (κ2) is 4.84. The van der Waals surface area contributed by atoms with Gasteiger partial charge >= 0.3 is 0 Å². The fourth-order valence-electron chi connectivity index (χ4n) is 2.45. The number of nitrogens with zero attached hydrogens (tertiary/aromatic N) is 1. The highest BCUT2D eigenvalue weighted by atomic mass is 16.1. The molecule has 0 spiro atoms. The van der Waals surface area contributed by atoms with Crippen LogP contribution in [0.15, 0.2) is 36.5 Å². The summed E-state index contributed by atoms with van der Waals surface area (Å²) in [7, 11) is 0. The van der Waals surface area contributed by atoms with Gasteiger partial charge in [-0.25, -0.2) is 0 Å². The monoisotopic (exact) mass is 242 g/mol. The smallest absolute Gasteiger partial charge is 0.223 e. The Bertz CT molecular complexity index is 554. The molecule has 1 fully saturated rings. The summed E-state index contributed by atoms with van der Waals surface area (Å²) in [6.07, 6.45) is 5.43. The van der Waals surface area contributed by atoms with Gasteiger partial charge in [0.2, 0.25) is 5.91 Å². The van der Waals surface area contributed by atoms with E-state index in [1.807, 2.05) is 12.1 Å². The van der Waals surface area contributed by atoms with E-state index < -0.39 is 0 Å². The molecule has 1 saturated carbocycles. The summed E-state index contributed by atoms with van der Waals surface area (Å²) in [5, 5.41) is 4.28. The van der Waals surface area contributed by atoms with Gasteiger partial charge in [0, 0.05) is 30.7 Å². The number of carbonyl (C=O) groups excluding carboxylic acids is 1. The van der Waals surface area contributed by atoms with E-state index in [2.05, 4.69) is 34.3 Å². The van der Waals surface area contributed by atoms with Crippen LogP contribution in [0.25, 0.3) is 10.9 Å². The average Bonchev–Trinajstić information content (AvgIpc) is 2.71. The van der Waals surface area contributed by atoms with Gasteiger partial charge in [-0.2, -0.15) is 0 Å². The fourth-order valence-corrected chi connectivity index (χ4v) is 2.45. The molecule has 1 aliphatic carbocycles. The van der Waals surface area contributed by atoms with Crippen LogP contribution in [-0.4, -0.2) is 17.0 Å². The van der Waals surface area contributed by atoms with E-state index in [4.69, 9.17) is 0 Å². The number of hydrogen-bond donors (Lipinski definition) is 1. The number of fused-ring (bicyclic) bond motifs is 1. The first-order chi connectivity index (χ1) is 8.84. The number of amides is 1. The van der Waals surface area contributed by atoms with Crippen molar-refractivity contribution in [3.8, 4) is 0 Å². The molecule has 2 aromatic rings. The molecule has 0 bridgehead atoms. The van der Waals surface area contributed by atoms with Crippen LogP contribution in [0.1, 0.15) is 19.3 Å². The van der Waals surface area contributed by atoms with Crippen molar-refractivity contribution in [3.05, 3.63) is 36.5 Å². The van der Waals surface area contributed by atoms with E-state index in [-0.39, 0.29) is 11.8 Å². The van der Waals surface area contributed by atoms with Gasteiger partial charge < -0.3 is 9.88 Å². The van der Waals surface area contributed by atoms with Crippen LogP contribution in [0.3, 0.4) is 0 Å². The van der Waals surface area contributed by atoms with Crippen LogP contribution in [0, 0.1) is 5.92 Å². The third-order valence-corrected chi connectivity index (χ3v) is 3.81. The quantitative estimate of drug-likeness (QED) is 0.878. The summed E-state index contributed by atoms with van der Waals surface area (Å²) in [5.41, 5.74) is 1.23. The molecule has 1 N–H and O–H groups in total. The third kappa shape index (κ3) is 2.13. The van der Waals surface area contributed by atoms with Gasteiger partial charge in [-0.15, -0.1) is 0 Å². The number of para-hydroxylation sites is 1. The lowest BCUT2D eigenvalue weighted by atomic mass is 9.85. The van der Waals surface area contributed by atoms with Crippen molar-refractivity contribution in [1.29, 1.82) is 0 Å². The molecule has 0 unspecified atom stereocenters. The molecule has 18 heavy (non-hydrogen) atoms. The molecule has 0 radical (unpaired) electrons. The van der Waals surface area contributed by atoms with Crippen LogP contribution in [0.4, 0.5) is 0 Å². The van der Waals surface area contributed by atoms with Crippen molar-refractivity contribution in [3.63, 3.8) is 0 Å². The van der Waals surface area contributed by atoms with Gasteiger partial charge in [0.15, 0.2) is 0 Å². The Morgan fingerprint density at radius 2 is 2.11 bits per heavy atom. The van der Waals surface area contributed by atoms with Gasteiger partial charge in [-0.1, -0.05) is 24.6 Å². The molecule has 3 heteroatoms. The molecular weight excluding hydrogens is 224 g/mol. The molecule has 3 nitrogen and oxygen atoms in total. The molecule has 0 aliphatic heterocycles. The molecule has 94 valence electrons. The van der Waals surface area contributed by atoms with Gasteiger partial charge in [-0.05, 0) is 30.4 Å². The molecule has 1 amide bonds. The predicted octanol–water partition coefficient (Wildman–Crippen LogP) is 2.56. The molecule has 1 aliphatic rings. The minimum Gasteiger partial charge on any atom is -0.354 e. The number of hydrogen-bond acceptors (Lipinski definition) is 1. The summed E-state index contributed by atoms with van der Waals surface area (Å²) in [6.45, 7) is 1.56. The Morgan fingerprint density at radius 1 is 1.28 bits per heavy atom. The molecule has 1 aromatic carbocycles. The Morgan fingerprint density at radius 3 is 2.89 bits per heavy atom. The average molecular weight is 242 g/mol. The SMILES string of the molecule is O=C(NCCn1ccc2ccccc21)C1CCC1. The Balaban J connectivity index is 1.58. The molecular formula is C15H18N2O. The van der Waals surface area contributed by atoms with Crippen molar-refractivity contribution in [2.45, 2.75) is 25.8 Å². The normalized spacial score (nSPS) is 15.6. The second-order valence-corrected chi connectivity index (χ2v) is 4.99. The minimum atomic E-state index is 0.234. The summed E-state index contributed by atoms with van der Waals surface area (Å²) in [6, 6.07) is 10.4. The highest BCUT2D eigenvalue weighted by molar-refractivity contribution is 5.80. The highest BCUT2D eigenvalue weighted by Gasteiger charge is 2.24. The number of nitrogens with one attached hydrogen (secondary N) is 1. The van der Waals surface area contributed by atoms with E-state index in [1.165, 1.54) is 17.3 Å². The van der Waals surface area contributed by atoms with Crippen molar-refractivity contribution in [2.24, 2.45) is 5.92 Å². The first-order valence-electron chi connectivity index (χ1n) is 6.66. The third-order valence-electron chi connectivity index (χ3n) is 3.81. The fraction of sp³-hybridized carbons (Fsp3) is 0.400. The zero-order valence-corrected chi connectivity index (χ0v) is 10.4. The van der Waals surface area contributed by atoms with Crippen molar-refractivity contribution >= 4 is 16.8 Å². The lowest BCUT2D eigenvalue weighted by Gasteiger charge is -2.24. The van der Waals surface area contributed by atoms with E-state index >= 15 is 0 Å². The number of rotatable bonds is 4. The van der Waals surface area contributed by atoms with E-state index in [1.54, 1.807) is 0 Å². The molecule has 1 aromatic heterocycles. The lowest BCUT2D eigenvalue weighted by molar-refractivity contribution is -0.127. The maximum atomic E-state index is 11.7. The van der Waals surface area contributed by atoms with Crippen LogP contribution >= 0.6 is 0 Å². The van der Waals surface area contributed by atoms with Crippen LogP contribution in [0.5, 0.6) is 0 Å². The standard InChI is InChI=1S/C15H18N2O/c18-15(13-5-3-6-13)16-9-11-17-10-8-12-4-1-2-7-14(12)17/h1-2,4,7-8,10,13H,3,5-6,9,11H2,(H,16,18). The van der Waals surface area contributed by atoms with E-state index in [0.717, 1.165) is 19.4 Å². The Kier molecular flexibility index (Phi) is 3.05. The summed E-state index contributed by atoms with van der Waals surface area (Å²) in [4.78, 5) is 11.7. The van der Waals surface area contributed by atoms with Crippen molar-refractivity contribution in [2.75, 3.05) is 6.54 Å². The Labute approximate surface area is 107 Å². The van der Waals surface area contributed by atoms with Crippen molar-refractivity contribution < 1.29 is 4.79 Å². The van der Waals surface area contributed by atoms with Gasteiger partial charge in [0.1, 0.15) is 0 Å². The number of carbonyl (C=O) groups is 1. The van der Waals surface area contributed by atoms with E-state index in [9.17, 15) is 4.79 Å². The molecule has 1 heterocycles. The summed E-state index contributed by atoms with van der Waals surface area (Å²) in [5.74, 6) is 0.518. The van der Waals surface area contributed by atoms with Crippen LogP contribution < -0.4 is 5.32 Å². The number of benzene rings is 1. The predicted molar refractivity (Wildman–Crippen MR) is 72.3 cm³/mol. The van der Waals surface area contributed by atoms with Crippen molar-refractivity contribution in [1.82, 2.24) is 9.88 Å². The van der Waals surface area contributed by atoms with Gasteiger partial charge in [0.05, 0.1) is 0 Å². The molecule has 0 saturated heterocycles. The zero-order chi connectivity index (χ0) is 12.4. The lowest BCUT2D eigenvalue weighted by Crippen LogP contribution is -2.36. The Hall–Kier alpha value is -1.77. The zero-order valence-electron chi connectivity index (χ0n) is 10.4. The maximum Gasteiger partial charge on any atom is 0.223 e. The topological polar surface area (TPSA) is 34.0 Å². The molecule has 0 atom stereocenters. The summed E-state index contributed by atoms with van der Waals surface area (Å²) < 4.78 is 2.19. The molecule has 3 rings (SSSR count). The highest BCUT2D eigenvalue weighted by Crippen LogP contribution is 2.26. The maximum absolute atomic E-state index is 11.7.